The molecule has 0 aliphatic heterocycles. The van der Waals surface area contributed by atoms with Crippen LogP contribution in [0.15, 0.2) is 69.6 Å². The molecule has 0 radical (unpaired) electrons. The van der Waals surface area contributed by atoms with Gasteiger partial charge < -0.3 is 0 Å². The average Bonchev–Trinajstić information content (AvgIpc) is 2.82. The summed E-state index contributed by atoms with van der Waals surface area (Å²) in [5.74, 6) is 0. The van der Waals surface area contributed by atoms with Gasteiger partial charge in [-0.3, -0.25) is 0 Å². The van der Waals surface area contributed by atoms with E-state index in [1.165, 1.54) is 43.8 Å². The van der Waals surface area contributed by atoms with Crippen molar-refractivity contribution in [2.24, 2.45) is 0 Å². The fraction of sp³-hybridized carbons (Fsp3) is 0.130. The van der Waals surface area contributed by atoms with Gasteiger partial charge in [0, 0.05) is 14.4 Å². The van der Waals surface area contributed by atoms with Crippen LogP contribution in [0.3, 0.4) is 0 Å². The lowest BCUT2D eigenvalue weighted by Gasteiger charge is -2.24. The van der Waals surface area contributed by atoms with Gasteiger partial charge in [-0.1, -0.05) is 82.1 Å². The number of halogens is 2. The number of hydrogen-bond acceptors (Lipinski definition) is 0. The third-order valence-corrected chi connectivity index (χ3v) is 6.49. The van der Waals surface area contributed by atoms with E-state index in [-0.39, 0.29) is 5.41 Å². The highest BCUT2D eigenvalue weighted by molar-refractivity contribution is 9.10. The van der Waals surface area contributed by atoms with E-state index >= 15 is 0 Å². The molecule has 4 aromatic carbocycles. The fourth-order valence-corrected chi connectivity index (χ4v) is 5.28. The first-order valence-corrected chi connectivity index (χ1v) is 10.0. The van der Waals surface area contributed by atoms with Crippen LogP contribution >= 0.6 is 31.9 Å². The van der Waals surface area contributed by atoms with Crippen molar-refractivity contribution in [1.29, 1.82) is 0 Å². The van der Waals surface area contributed by atoms with Gasteiger partial charge in [-0.25, -0.2) is 0 Å². The summed E-state index contributed by atoms with van der Waals surface area (Å²) >= 11 is 7.21. The number of benzene rings is 4. The Morgan fingerprint density at radius 2 is 1.04 bits per heavy atom. The zero-order chi connectivity index (χ0) is 17.3. The maximum atomic E-state index is 3.60. The van der Waals surface area contributed by atoms with Crippen LogP contribution in [0, 0.1) is 0 Å². The van der Waals surface area contributed by atoms with Crippen molar-refractivity contribution in [2.45, 2.75) is 19.3 Å². The lowest BCUT2D eigenvalue weighted by molar-refractivity contribution is 0.672. The van der Waals surface area contributed by atoms with Crippen molar-refractivity contribution in [3.63, 3.8) is 0 Å². The molecule has 122 valence electrons. The van der Waals surface area contributed by atoms with Gasteiger partial charge in [0.25, 0.3) is 0 Å². The van der Waals surface area contributed by atoms with E-state index in [1.807, 2.05) is 0 Å². The molecular weight excluding hydrogens is 436 g/mol. The topological polar surface area (TPSA) is 0 Å². The lowest BCUT2D eigenvalue weighted by Crippen LogP contribution is -2.16. The minimum atomic E-state index is -0.0225. The Balaban J connectivity index is 1.93. The van der Waals surface area contributed by atoms with Gasteiger partial charge >= 0.3 is 0 Å². The van der Waals surface area contributed by atoms with Crippen molar-refractivity contribution < 1.29 is 0 Å². The molecule has 25 heavy (non-hydrogen) atoms. The zero-order valence-electron chi connectivity index (χ0n) is 14.0. The quantitative estimate of drug-likeness (QED) is 0.255. The number of rotatable bonds is 0. The Labute approximate surface area is 164 Å². The Morgan fingerprint density at radius 1 is 0.600 bits per heavy atom. The fourth-order valence-electron chi connectivity index (χ4n) is 4.52. The highest BCUT2D eigenvalue weighted by Gasteiger charge is 2.38. The molecule has 1 aliphatic rings. The SMILES string of the molecule is CC1(C)c2c(ccc3cc(Br)ccc23)-c2ccc3cc(Br)ccc3c21. The monoisotopic (exact) mass is 450 g/mol. The predicted molar refractivity (Wildman–Crippen MR) is 114 cm³/mol. The first-order valence-electron chi connectivity index (χ1n) is 8.43. The van der Waals surface area contributed by atoms with Crippen molar-refractivity contribution in [2.75, 3.05) is 0 Å². The highest BCUT2D eigenvalue weighted by atomic mass is 79.9. The normalized spacial score (nSPS) is 14.7. The Morgan fingerprint density at radius 3 is 1.48 bits per heavy atom. The van der Waals surface area contributed by atoms with Crippen LogP contribution in [0.2, 0.25) is 0 Å². The summed E-state index contributed by atoms with van der Waals surface area (Å²) in [7, 11) is 0. The Bertz CT molecular complexity index is 1090. The van der Waals surface area contributed by atoms with Crippen LogP contribution < -0.4 is 0 Å². The maximum Gasteiger partial charge on any atom is 0.0181 e. The molecule has 0 bridgehead atoms. The van der Waals surface area contributed by atoms with Crippen molar-refractivity contribution in [1.82, 2.24) is 0 Å². The smallest absolute Gasteiger partial charge is 0.0181 e. The second kappa shape index (κ2) is 5.18. The third-order valence-electron chi connectivity index (χ3n) is 5.50. The maximum absolute atomic E-state index is 3.60. The van der Waals surface area contributed by atoms with Crippen LogP contribution in [-0.2, 0) is 5.41 Å². The molecule has 0 aromatic heterocycles. The van der Waals surface area contributed by atoms with Gasteiger partial charge in [-0.2, -0.15) is 0 Å². The van der Waals surface area contributed by atoms with Crippen LogP contribution in [-0.4, -0.2) is 0 Å². The molecule has 0 N–H and O–H groups in total. The first-order chi connectivity index (χ1) is 12.0. The van der Waals surface area contributed by atoms with E-state index in [4.69, 9.17) is 0 Å². The molecule has 0 amide bonds. The third kappa shape index (κ3) is 2.10. The Kier molecular flexibility index (Phi) is 3.24. The summed E-state index contributed by atoms with van der Waals surface area (Å²) in [4.78, 5) is 0. The molecule has 0 saturated carbocycles. The van der Waals surface area contributed by atoms with E-state index in [0.29, 0.717) is 0 Å². The minimum absolute atomic E-state index is 0.0225. The Hall–Kier alpha value is -1.64. The largest absolute Gasteiger partial charge is 0.0537 e. The standard InChI is InChI=1S/C23H16Br2/c1-23(2)21-17-9-5-15(24)11-13(17)3-7-19(21)20-8-4-14-12-16(25)6-10-18(14)22(20)23/h3-12H,1-2H3. The summed E-state index contributed by atoms with van der Waals surface area (Å²) in [6.07, 6.45) is 0. The number of fused-ring (bicyclic) bond motifs is 7. The van der Waals surface area contributed by atoms with Crippen LogP contribution in [0.4, 0.5) is 0 Å². The molecule has 0 atom stereocenters. The van der Waals surface area contributed by atoms with Gasteiger partial charge in [0.05, 0.1) is 0 Å². The molecule has 2 heteroatoms. The predicted octanol–water partition coefficient (Wildman–Crippen LogP) is 7.82. The summed E-state index contributed by atoms with van der Waals surface area (Å²) in [5, 5.41) is 5.29. The van der Waals surface area contributed by atoms with Crippen molar-refractivity contribution >= 4 is 53.4 Å². The minimum Gasteiger partial charge on any atom is -0.0537 e. The molecule has 1 aliphatic carbocycles. The van der Waals surface area contributed by atoms with Crippen molar-refractivity contribution in [3.8, 4) is 11.1 Å². The molecule has 0 saturated heterocycles. The summed E-state index contributed by atoms with van der Waals surface area (Å²) < 4.78 is 2.26. The average molecular weight is 452 g/mol. The van der Waals surface area contributed by atoms with E-state index in [0.717, 1.165) is 8.95 Å². The molecule has 0 nitrogen and oxygen atoms in total. The van der Waals surface area contributed by atoms with E-state index < -0.39 is 0 Å². The van der Waals surface area contributed by atoms with Crippen molar-refractivity contribution in [3.05, 3.63) is 80.7 Å². The second-order valence-electron chi connectivity index (χ2n) is 7.33. The molecule has 0 spiro atoms. The molecule has 0 heterocycles. The van der Waals surface area contributed by atoms with E-state index in [1.54, 1.807) is 0 Å². The summed E-state index contributed by atoms with van der Waals surface area (Å²) in [5.41, 5.74) is 5.62. The summed E-state index contributed by atoms with van der Waals surface area (Å²) in [6, 6.07) is 22.3. The molecule has 4 aromatic rings. The lowest BCUT2D eigenvalue weighted by atomic mass is 9.78. The molecule has 5 rings (SSSR count). The van der Waals surface area contributed by atoms with Crippen LogP contribution in [0.1, 0.15) is 25.0 Å². The van der Waals surface area contributed by atoms with Gasteiger partial charge in [0.15, 0.2) is 0 Å². The van der Waals surface area contributed by atoms with Crippen LogP contribution in [0.5, 0.6) is 0 Å². The summed E-state index contributed by atoms with van der Waals surface area (Å²) in [6.45, 7) is 4.72. The highest BCUT2D eigenvalue weighted by Crippen LogP contribution is 2.53. The van der Waals surface area contributed by atoms with Crippen LogP contribution in [0.25, 0.3) is 32.7 Å². The molecule has 0 unspecified atom stereocenters. The second-order valence-corrected chi connectivity index (χ2v) is 9.16. The zero-order valence-corrected chi connectivity index (χ0v) is 17.2. The van der Waals surface area contributed by atoms with Gasteiger partial charge in [-0.15, -0.1) is 0 Å². The van der Waals surface area contributed by atoms with E-state index in [9.17, 15) is 0 Å². The van der Waals surface area contributed by atoms with E-state index in [2.05, 4.69) is 106 Å². The number of hydrogen-bond donors (Lipinski definition) is 0. The van der Waals surface area contributed by atoms with Gasteiger partial charge in [0.2, 0.25) is 0 Å². The van der Waals surface area contributed by atoms with Gasteiger partial charge in [-0.05, 0) is 68.1 Å². The molecule has 0 fully saturated rings. The van der Waals surface area contributed by atoms with Gasteiger partial charge in [0.1, 0.15) is 0 Å². The first kappa shape index (κ1) is 15.6. The molecular formula is C23H16Br2.